The number of rotatable bonds is 0. The van der Waals surface area contributed by atoms with E-state index >= 15 is 0 Å². The average Bonchev–Trinajstić information content (AvgIpc) is 1.96. The molecule has 2 heteroatoms. The fourth-order valence-electron chi connectivity index (χ4n) is 4.03. The minimum Gasteiger partial charge on any atom is -0.325 e. The van der Waals surface area contributed by atoms with Crippen molar-refractivity contribution in [2.45, 2.75) is 43.8 Å². The number of hydrogen-bond acceptors (Lipinski definition) is 1. The molecule has 5 atom stereocenters. The second kappa shape index (κ2) is 2.03. The maximum absolute atomic E-state index is 13.6. The summed E-state index contributed by atoms with van der Waals surface area (Å²) in [4.78, 5) is 0. The SMILES string of the molecule is NC12CC3C[C@H](C1)C(F)[C@@H](C3)C2. The Balaban J connectivity index is 1.95. The molecule has 0 aromatic rings. The lowest BCUT2D eigenvalue weighted by Crippen LogP contribution is -2.59. The Bertz CT molecular complexity index is 200. The first-order chi connectivity index (χ1) is 5.66. The zero-order valence-electron chi connectivity index (χ0n) is 7.30. The lowest BCUT2D eigenvalue weighted by Gasteiger charge is -2.56. The van der Waals surface area contributed by atoms with E-state index < -0.39 is 6.17 Å². The summed E-state index contributed by atoms with van der Waals surface area (Å²) in [5.41, 5.74) is 6.26. The first-order valence-corrected chi connectivity index (χ1v) is 5.09. The topological polar surface area (TPSA) is 26.0 Å². The lowest BCUT2D eigenvalue weighted by molar-refractivity contribution is -0.0649. The van der Waals surface area contributed by atoms with Gasteiger partial charge in [-0.3, -0.25) is 0 Å². The van der Waals surface area contributed by atoms with Crippen LogP contribution in [0.1, 0.15) is 32.1 Å². The normalized spacial score (nSPS) is 62.5. The van der Waals surface area contributed by atoms with Crippen molar-refractivity contribution in [2.75, 3.05) is 0 Å². The third kappa shape index (κ3) is 0.819. The molecule has 0 aromatic heterocycles. The van der Waals surface area contributed by atoms with Crippen molar-refractivity contribution in [2.24, 2.45) is 23.5 Å². The molecule has 0 aromatic carbocycles. The van der Waals surface area contributed by atoms with Gasteiger partial charge in [-0.1, -0.05) is 0 Å². The van der Waals surface area contributed by atoms with E-state index in [9.17, 15) is 4.39 Å². The van der Waals surface area contributed by atoms with Gasteiger partial charge in [0.05, 0.1) is 0 Å². The molecular weight excluding hydrogens is 153 g/mol. The Hall–Kier alpha value is -0.110. The summed E-state index contributed by atoms with van der Waals surface area (Å²) in [6.07, 6.45) is 4.82. The number of nitrogens with two attached hydrogens (primary N) is 1. The molecule has 1 nitrogen and oxygen atoms in total. The van der Waals surface area contributed by atoms with Crippen LogP contribution in [0.15, 0.2) is 0 Å². The van der Waals surface area contributed by atoms with Crippen molar-refractivity contribution in [1.29, 1.82) is 0 Å². The van der Waals surface area contributed by atoms with Gasteiger partial charge in [-0.05, 0) is 49.9 Å². The average molecular weight is 169 g/mol. The molecule has 2 N–H and O–H groups in total. The van der Waals surface area contributed by atoms with E-state index in [0.29, 0.717) is 11.8 Å². The predicted molar refractivity (Wildman–Crippen MR) is 45.4 cm³/mol. The molecule has 0 spiro atoms. The van der Waals surface area contributed by atoms with Crippen LogP contribution >= 0.6 is 0 Å². The third-order valence-electron chi connectivity index (χ3n) is 4.21. The number of hydrogen-bond donors (Lipinski definition) is 1. The van der Waals surface area contributed by atoms with Crippen LogP contribution in [0.25, 0.3) is 0 Å². The van der Waals surface area contributed by atoms with Gasteiger partial charge in [-0.15, -0.1) is 0 Å². The molecule has 0 saturated heterocycles. The van der Waals surface area contributed by atoms with Crippen LogP contribution < -0.4 is 5.73 Å². The Kier molecular flexibility index (Phi) is 1.24. The van der Waals surface area contributed by atoms with Crippen molar-refractivity contribution in [3.63, 3.8) is 0 Å². The zero-order valence-corrected chi connectivity index (χ0v) is 7.30. The fourth-order valence-corrected chi connectivity index (χ4v) is 4.03. The van der Waals surface area contributed by atoms with Gasteiger partial charge in [0.25, 0.3) is 0 Å². The minimum atomic E-state index is -0.516. The molecule has 68 valence electrons. The molecule has 12 heavy (non-hydrogen) atoms. The summed E-state index contributed by atoms with van der Waals surface area (Å²) in [6.45, 7) is 0. The van der Waals surface area contributed by atoms with E-state index in [2.05, 4.69) is 0 Å². The van der Waals surface area contributed by atoms with Gasteiger partial charge in [-0.25, -0.2) is 4.39 Å². The van der Waals surface area contributed by atoms with Gasteiger partial charge in [-0.2, -0.15) is 0 Å². The predicted octanol–water partition coefficient (Wildman–Crippen LogP) is 1.86. The Morgan fingerprint density at radius 1 is 1.08 bits per heavy atom. The molecule has 4 aliphatic rings. The van der Waals surface area contributed by atoms with E-state index in [-0.39, 0.29) is 5.54 Å². The monoisotopic (exact) mass is 169 g/mol. The first-order valence-electron chi connectivity index (χ1n) is 5.09. The van der Waals surface area contributed by atoms with Crippen LogP contribution in [0.3, 0.4) is 0 Å². The maximum atomic E-state index is 13.6. The number of halogens is 1. The molecule has 4 aliphatic carbocycles. The molecule has 0 aliphatic heterocycles. The molecule has 4 saturated carbocycles. The van der Waals surface area contributed by atoms with E-state index in [1.165, 1.54) is 6.42 Å². The summed E-state index contributed by atoms with van der Waals surface area (Å²) >= 11 is 0. The molecule has 0 heterocycles. The van der Waals surface area contributed by atoms with Crippen molar-refractivity contribution in [3.05, 3.63) is 0 Å². The highest BCUT2D eigenvalue weighted by atomic mass is 19.1. The van der Waals surface area contributed by atoms with Gasteiger partial charge >= 0.3 is 0 Å². The Morgan fingerprint density at radius 2 is 1.67 bits per heavy atom. The Morgan fingerprint density at radius 3 is 2.17 bits per heavy atom. The van der Waals surface area contributed by atoms with Crippen molar-refractivity contribution < 1.29 is 4.39 Å². The first kappa shape index (κ1) is 7.31. The molecule has 4 rings (SSSR count). The summed E-state index contributed by atoms with van der Waals surface area (Å²) in [5, 5.41) is 0. The standard InChI is InChI=1S/C10H16FN/c11-9-7-1-6-2-8(9)5-10(12,3-6)4-7/h6-9H,1-5,12H2/t6?,7-,8+,9?,10?. The van der Waals surface area contributed by atoms with Crippen molar-refractivity contribution >= 4 is 0 Å². The zero-order chi connectivity index (χ0) is 8.34. The van der Waals surface area contributed by atoms with Crippen molar-refractivity contribution in [3.8, 4) is 0 Å². The van der Waals surface area contributed by atoms with Crippen LogP contribution in [0.2, 0.25) is 0 Å². The quantitative estimate of drug-likeness (QED) is 0.588. The molecule has 0 radical (unpaired) electrons. The molecule has 4 bridgehead atoms. The highest BCUT2D eigenvalue weighted by Crippen LogP contribution is 2.55. The van der Waals surface area contributed by atoms with Gasteiger partial charge in [0.1, 0.15) is 6.17 Å². The molecular formula is C10H16FN. The second-order valence-corrected chi connectivity index (χ2v) is 5.28. The summed E-state index contributed by atoms with van der Waals surface area (Å²) in [6, 6.07) is 0. The van der Waals surface area contributed by atoms with E-state index in [1.807, 2.05) is 0 Å². The summed E-state index contributed by atoms with van der Waals surface area (Å²) < 4.78 is 13.6. The highest BCUT2D eigenvalue weighted by Gasteiger charge is 2.54. The van der Waals surface area contributed by atoms with E-state index in [1.54, 1.807) is 0 Å². The second-order valence-electron chi connectivity index (χ2n) is 5.28. The summed E-state index contributed by atoms with van der Waals surface area (Å²) in [7, 11) is 0. The Labute approximate surface area is 72.5 Å². The lowest BCUT2D eigenvalue weighted by atomic mass is 9.52. The molecule has 3 unspecified atom stereocenters. The van der Waals surface area contributed by atoms with Crippen LogP contribution in [-0.4, -0.2) is 11.7 Å². The number of alkyl halides is 1. The van der Waals surface area contributed by atoms with E-state index in [0.717, 1.165) is 31.6 Å². The summed E-state index contributed by atoms with van der Waals surface area (Å²) in [5.74, 6) is 1.40. The van der Waals surface area contributed by atoms with Crippen LogP contribution in [0, 0.1) is 17.8 Å². The van der Waals surface area contributed by atoms with Gasteiger partial charge < -0.3 is 5.73 Å². The fraction of sp³-hybridized carbons (Fsp3) is 1.00. The van der Waals surface area contributed by atoms with Crippen LogP contribution in [-0.2, 0) is 0 Å². The maximum Gasteiger partial charge on any atom is 0.106 e. The van der Waals surface area contributed by atoms with Crippen molar-refractivity contribution in [1.82, 2.24) is 0 Å². The van der Waals surface area contributed by atoms with Gasteiger partial charge in [0, 0.05) is 5.54 Å². The largest absolute Gasteiger partial charge is 0.325 e. The third-order valence-corrected chi connectivity index (χ3v) is 4.21. The van der Waals surface area contributed by atoms with Crippen LogP contribution in [0.4, 0.5) is 4.39 Å². The molecule has 0 amide bonds. The molecule has 4 fully saturated rings. The highest BCUT2D eigenvalue weighted by molar-refractivity contribution is 5.08. The minimum absolute atomic E-state index is 0.0408. The smallest absolute Gasteiger partial charge is 0.106 e. The van der Waals surface area contributed by atoms with Gasteiger partial charge in [0.2, 0.25) is 0 Å². The van der Waals surface area contributed by atoms with Gasteiger partial charge in [0.15, 0.2) is 0 Å². The van der Waals surface area contributed by atoms with E-state index in [4.69, 9.17) is 5.73 Å². The van der Waals surface area contributed by atoms with Crippen LogP contribution in [0.5, 0.6) is 0 Å².